The monoisotopic (exact) mass is 600 g/mol. The van der Waals surface area contributed by atoms with Gasteiger partial charge in [0.25, 0.3) is 0 Å². The molecule has 153 valence electrons. The summed E-state index contributed by atoms with van der Waals surface area (Å²) in [5.74, 6) is -0.990. The average Bonchev–Trinajstić information content (AvgIpc) is 3.40. The van der Waals surface area contributed by atoms with Crippen molar-refractivity contribution in [1.29, 1.82) is 0 Å². The Kier molecular flexibility index (Phi) is 6.05. The van der Waals surface area contributed by atoms with Gasteiger partial charge in [0.15, 0.2) is 0 Å². The molecule has 0 atom stereocenters. The van der Waals surface area contributed by atoms with Gasteiger partial charge in [-0.3, -0.25) is 4.98 Å². The quantitative estimate of drug-likeness (QED) is 0.242. The standard InChI is InChI=1S/C19H10NS.C6H5NO2.Ir/c1-2-7-17-13(4-1)11-18(21-17)16-10-14-9-8-12-5-3-6-15(20-16)19(12)14;8-6(9)5-3-1-2-4-7-5;/h1-10H;1-4H,(H,8,9);/q-1;;. The van der Waals surface area contributed by atoms with Gasteiger partial charge < -0.3 is 5.11 Å². The third kappa shape index (κ3) is 4.19. The summed E-state index contributed by atoms with van der Waals surface area (Å²) in [6.45, 7) is 0. The van der Waals surface area contributed by atoms with E-state index in [4.69, 9.17) is 10.1 Å². The molecule has 0 amide bonds. The van der Waals surface area contributed by atoms with Crippen molar-refractivity contribution in [3.8, 4) is 10.6 Å². The Bertz CT molecular complexity index is 1390. The van der Waals surface area contributed by atoms with E-state index >= 15 is 0 Å². The first-order chi connectivity index (χ1) is 14.7. The minimum atomic E-state index is -0.990. The van der Waals surface area contributed by atoms with E-state index in [1.807, 2.05) is 0 Å². The zero-order chi connectivity index (χ0) is 20.5. The molecule has 0 fully saturated rings. The van der Waals surface area contributed by atoms with Gasteiger partial charge in [-0.1, -0.05) is 48.6 Å². The molecule has 31 heavy (non-hydrogen) atoms. The number of fused-ring (bicyclic) bond motifs is 1. The van der Waals surface area contributed by atoms with Crippen LogP contribution in [0.25, 0.3) is 43.7 Å². The molecule has 0 spiro atoms. The van der Waals surface area contributed by atoms with E-state index in [1.165, 1.54) is 38.9 Å². The molecule has 0 bridgehead atoms. The fraction of sp³-hybridized carbons (Fsp3) is 0. The minimum absolute atomic E-state index is 0. The minimum Gasteiger partial charge on any atom is -0.477 e. The first-order valence-electron chi connectivity index (χ1n) is 9.36. The number of aromatic nitrogens is 2. The second-order valence-electron chi connectivity index (χ2n) is 6.74. The Balaban J connectivity index is 0.000000198. The van der Waals surface area contributed by atoms with Gasteiger partial charge in [0.05, 0.1) is 5.52 Å². The van der Waals surface area contributed by atoms with Gasteiger partial charge in [-0.05, 0) is 38.9 Å². The Morgan fingerprint density at radius 2 is 1.74 bits per heavy atom. The van der Waals surface area contributed by atoms with E-state index in [0.29, 0.717) is 0 Å². The molecule has 1 radical (unpaired) electrons. The summed E-state index contributed by atoms with van der Waals surface area (Å²) in [4.78, 5) is 19.7. The SMILES string of the molecule is O=C(O)c1ccccn1.[Ir].[c-]1c(-c2cc3c4c(cccc4n2)C=C3)sc2ccccc12. The summed E-state index contributed by atoms with van der Waals surface area (Å²) in [5.41, 5.74) is 4.69. The maximum absolute atomic E-state index is 10.1. The fourth-order valence-electron chi connectivity index (χ4n) is 3.44. The zero-order valence-corrected chi connectivity index (χ0v) is 19.3. The van der Waals surface area contributed by atoms with Gasteiger partial charge in [-0.2, -0.15) is 0 Å². The van der Waals surface area contributed by atoms with Crippen LogP contribution in [0.4, 0.5) is 0 Å². The molecule has 3 heterocycles. The molecule has 5 aromatic rings. The number of pyridine rings is 2. The number of hydrogen-bond donors (Lipinski definition) is 1. The zero-order valence-electron chi connectivity index (χ0n) is 16.1. The molecular formula is C25H15IrN2O2S-. The number of rotatable bonds is 2. The van der Waals surface area contributed by atoms with Gasteiger partial charge in [-0.25, -0.2) is 21.1 Å². The van der Waals surface area contributed by atoms with Crippen LogP contribution in [0.15, 0.2) is 72.9 Å². The second-order valence-corrected chi connectivity index (χ2v) is 7.80. The largest absolute Gasteiger partial charge is 0.477 e. The molecule has 0 saturated heterocycles. The number of carboxylic acid groups (broad SMARTS) is 1. The normalized spacial score (nSPS) is 11.1. The van der Waals surface area contributed by atoms with E-state index in [-0.39, 0.29) is 25.8 Å². The van der Waals surface area contributed by atoms with E-state index in [9.17, 15) is 4.79 Å². The van der Waals surface area contributed by atoms with Crippen molar-refractivity contribution in [3.05, 3.63) is 95.8 Å². The Hall–Kier alpha value is -3.18. The molecule has 6 rings (SSSR count). The van der Waals surface area contributed by atoms with Gasteiger partial charge in [0, 0.05) is 37.4 Å². The molecule has 0 saturated carbocycles. The van der Waals surface area contributed by atoms with Crippen molar-refractivity contribution in [1.82, 2.24) is 9.97 Å². The number of benzene rings is 2. The molecule has 0 aliphatic heterocycles. The summed E-state index contributed by atoms with van der Waals surface area (Å²) in [6, 6.07) is 25.1. The molecule has 4 nitrogen and oxygen atoms in total. The topological polar surface area (TPSA) is 63.1 Å². The van der Waals surface area contributed by atoms with Crippen molar-refractivity contribution in [3.63, 3.8) is 0 Å². The number of aromatic carboxylic acids is 1. The van der Waals surface area contributed by atoms with Crippen molar-refractivity contribution in [2.75, 3.05) is 0 Å². The average molecular weight is 600 g/mol. The maximum atomic E-state index is 10.1. The molecule has 2 aromatic carbocycles. The molecular weight excluding hydrogens is 585 g/mol. The molecule has 6 heteroatoms. The van der Waals surface area contributed by atoms with Crippen LogP contribution < -0.4 is 0 Å². The summed E-state index contributed by atoms with van der Waals surface area (Å²) in [7, 11) is 0. The number of carboxylic acids is 1. The Morgan fingerprint density at radius 3 is 2.48 bits per heavy atom. The van der Waals surface area contributed by atoms with Crippen LogP contribution >= 0.6 is 11.3 Å². The third-order valence-electron chi connectivity index (χ3n) is 4.80. The molecule has 1 aliphatic carbocycles. The molecule has 1 N–H and O–H groups in total. The van der Waals surface area contributed by atoms with E-state index in [2.05, 4.69) is 71.7 Å². The predicted molar refractivity (Wildman–Crippen MR) is 122 cm³/mol. The van der Waals surface area contributed by atoms with E-state index in [0.717, 1.165) is 16.1 Å². The fourth-order valence-corrected chi connectivity index (χ4v) is 4.40. The molecule has 3 aromatic heterocycles. The second kappa shape index (κ2) is 8.90. The molecule has 1 aliphatic rings. The van der Waals surface area contributed by atoms with Gasteiger partial charge in [-0.15, -0.1) is 23.6 Å². The van der Waals surface area contributed by atoms with Crippen LogP contribution in [0, 0.1) is 6.07 Å². The third-order valence-corrected chi connectivity index (χ3v) is 5.89. The van der Waals surface area contributed by atoms with Crippen LogP contribution in [0.2, 0.25) is 0 Å². The van der Waals surface area contributed by atoms with Gasteiger partial charge in [0.1, 0.15) is 5.69 Å². The van der Waals surface area contributed by atoms with Gasteiger partial charge in [0.2, 0.25) is 0 Å². The number of carbonyl (C=O) groups is 1. The summed E-state index contributed by atoms with van der Waals surface area (Å²) >= 11 is 1.75. The molecule has 0 unspecified atom stereocenters. The Morgan fingerprint density at radius 1 is 0.935 bits per heavy atom. The first kappa shape index (κ1) is 21.1. The van der Waals surface area contributed by atoms with E-state index in [1.54, 1.807) is 23.5 Å². The first-order valence-corrected chi connectivity index (χ1v) is 10.2. The van der Waals surface area contributed by atoms with Crippen molar-refractivity contribution in [2.24, 2.45) is 0 Å². The van der Waals surface area contributed by atoms with Gasteiger partial charge >= 0.3 is 5.97 Å². The number of nitrogens with zero attached hydrogens (tertiary/aromatic N) is 2. The van der Waals surface area contributed by atoms with Crippen molar-refractivity contribution >= 4 is 50.4 Å². The van der Waals surface area contributed by atoms with Crippen LogP contribution in [0.5, 0.6) is 0 Å². The van der Waals surface area contributed by atoms with Crippen LogP contribution in [0.3, 0.4) is 0 Å². The predicted octanol–water partition coefficient (Wildman–Crippen LogP) is 6.18. The van der Waals surface area contributed by atoms with Crippen LogP contribution in [-0.4, -0.2) is 21.0 Å². The Labute approximate surface area is 196 Å². The van der Waals surface area contributed by atoms with Crippen LogP contribution in [0.1, 0.15) is 21.6 Å². The van der Waals surface area contributed by atoms with Crippen molar-refractivity contribution in [2.45, 2.75) is 0 Å². The van der Waals surface area contributed by atoms with Crippen molar-refractivity contribution < 1.29 is 30.0 Å². The summed E-state index contributed by atoms with van der Waals surface area (Å²) in [6.07, 6.45) is 5.79. The van der Waals surface area contributed by atoms with Crippen LogP contribution in [-0.2, 0) is 20.1 Å². The van der Waals surface area contributed by atoms with E-state index < -0.39 is 5.97 Å². The number of hydrogen-bond acceptors (Lipinski definition) is 4. The smallest absolute Gasteiger partial charge is 0.354 e. The number of thiophene rings is 1. The summed E-state index contributed by atoms with van der Waals surface area (Å²) in [5, 5.41) is 10.8. The summed E-state index contributed by atoms with van der Waals surface area (Å²) < 4.78 is 1.26. The maximum Gasteiger partial charge on any atom is 0.354 e.